The number of hydrogen-bond donors (Lipinski definition) is 0. The zero-order valence-electron chi connectivity index (χ0n) is 14.6. The van der Waals surface area contributed by atoms with Crippen molar-refractivity contribution in [3.8, 4) is 0 Å². The average Bonchev–Trinajstić information content (AvgIpc) is 3.34. The second-order valence-electron chi connectivity index (χ2n) is 8.28. The number of carbonyl (C=O) groups is 2. The number of ether oxygens (including phenoxy) is 2. The van der Waals surface area contributed by atoms with E-state index in [9.17, 15) is 9.59 Å². The van der Waals surface area contributed by atoms with Crippen LogP contribution in [0.25, 0.3) is 0 Å². The lowest BCUT2D eigenvalue weighted by molar-refractivity contribution is -0.137. The zero-order valence-corrected chi connectivity index (χ0v) is 14.6. The molecule has 4 fully saturated rings. The Morgan fingerprint density at radius 3 is 2.33 bits per heavy atom. The molecule has 3 aliphatic heterocycles. The van der Waals surface area contributed by atoms with E-state index in [0.717, 1.165) is 71.2 Å². The van der Waals surface area contributed by atoms with Crippen molar-refractivity contribution < 1.29 is 19.1 Å². The molecule has 2 amide bonds. The van der Waals surface area contributed by atoms with E-state index in [4.69, 9.17) is 9.47 Å². The van der Waals surface area contributed by atoms with E-state index in [2.05, 4.69) is 0 Å². The lowest BCUT2D eigenvalue weighted by Crippen LogP contribution is -2.49. The number of epoxide rings is 1. The molecular weight excluding hydrogens is 308 g/mol. The van der Waals surface area contributed by atoms with Crippen LogP contribution in [0.1, 0.15) is 51.4 Å². The fourth-order valence-electron chi connectivity index (χ4n) is 4.51. The molecule has 4 rings (SSSR count). The van der Waals surface area contributed by atoms with Crippen LogP contribution in [0.2, 0.25) is 0 Å². The summed E-state index contributed by atoms with van der Waals surface area (Å²) in [5.41, 5.74) is 0.252. The molecule has 0 aromatic carbocycles. The third-order valence-corrected chi connectivity index (χ3v) is 6.68. The first-order valence-electron chi connectivity index (χ1n) is 9.33. The zero-order chi connectivity index (χ0) is 16.8. The number of likely N-dealkylation sites (tertiary alicyclic amines) is 2. The van der Waals surface area contributed by atoms with Crippen LogP contribution in [0.4, 0.5) is 4.79 Å². The highest BCUT2D eigenvalue weighted by atomic mass is 16.6. The lowest BCUT2D eigenvalue weighted by atomic mass is 9.71. The van der Waals surface area contributed by atoms with Crippen molar-refractivity contribution in [3.63, 3.8) is 0 Å². The quantitative estimate of drug-likeness (QED) is 0.689. The summed E-state index contributed by atoms with van der Waals surface area (Å²) in [7, 11) is 1.88. The van der Waals surface area contributed by atoms with Gasteiger partial charge in [0.05, 0.1) is 12.2 Å². The SMILES string of the molecule is CN1CCC2(CCN(C(=O)OC3CCC4(CC3)CO4)CC2)CC1=O. The van der Waals surface area contributed by atoms with Crippen molar-refractivity contribution in [2.75, 3.05) is 33.3 Å². The topological polar surface area (TPSA) is 62.4 Å². The van der Waals surface area contributed by atoms with Crippen molar-refractivity contribution in [2.24, 2.45) is 5.41 Å². The fourth-order valence-corrected chi connectivity index (χ4v) is 4.51. The number of hydrogen-bond acceptors (Lipinski definition) is 4. The molecule has 24 heavy (non-hydrogen) atoms. The maximum absolute atomic E-state index is 12.4. The van der Waals surface area contributed by atoms with Gasteiger partial charge in [0, 0.05) is 33.1 Å². The summed E-state index contributed by atoms with van der Waals surface area (Å²) >= 11 is 0. The molecule has 6 heteroatoms. The Morgan fingerprint density at radius 2 is 1.75 bits per heavy atom. The highest BCUT2D eigenvalue weighted by Crippen LogP contribution is 2.43. The summed E-state index contributed by atoms with van der Waals surface area (Å²) in [5.74, 6) is 0.246. The first-order valence-corrected chi connectivity index (χ1v) is 9.33. The first-order chi connectivity index (χ1) is 11.5. The van der Waals surface area contributed by atoms with Crippen LogP contribution in [0.3, 0.4) is 0 Å². The Hall–Kier alpha value is -1.30. The van der Waals surface area contributed by atoms with Gasteiger partial charge in [-0.05, 0) is 50.4 Å². The minimum Gasteiger partial charge on any atom is -0.446 e. The second kappa shape index (κ2) is 5.90. The molecule has 1 saturated carbocycles. The number of carbonyl (C=O) groups excluding carboxylic acids is 2. The van der Waals surface area contributed by atoms with Crippen LogP contribution < -0.4 is 0 Å². The molecule has 3 heterocycles. The van der Waals surface area contributed by atoms with E-state index in [1.807, 2.05) is 16.8 Å². The molecule has 0 radical (unpaired) electrons. The van der Waals surface area contributed by atoms with Gasteiger partial charge in [-0.25, -0.2) is 4.79 Å². The predicted octanol–water partition coefficient (Wildman–Crippen LogP) is 2.17. The van der Waals surface area contributed by atoms with Crippen molar-refractivity contribution in [1.29, 1.82) is 0 Å². The van der Waals surface area contributed by atoms with E-state index in [1.54, 1.807) is 0 Å². The van der Waals surface area contributed by atoms with Gasteiger partial charge in [-0.3, -0.25) is 4.79 Å². The predicted molar refractivity (Wildman–Crippen MR) is 87.5 cm³/mol. The largest absolute Gasteiger partial charge is 0.446 e. The molecule has 0 atom stereocenters. The monoisotopic (exact) mass is 336 g/mol. The van der Waals surface area contributed by atoms with E-state index < -0.39 is 0 Å². The highest BCUT2D eigenvalue weighted by Gasteiger charge is 2.48. The fraction of sp³-hybridized carbons (Fsp3) is 0.889. The summed E-state index contributed by atoms with van der Waals surface area (Å²) in [6.07, 6.45) is 7.30. The number of nitrogens with zero attached hydrogens (tertiary/aromatic N) is 2. The van der Waals surface area contributed by atoms with Crippen molar-refractivity contribution >= 4 is 12.0 Å². The van der Waals surface area contributed by atoms with Crippen LogP contribution in [-0.4, -0.2) is 66.8 Å². The molecule has 1 aliphatic carbocycles. The standard InChI is InChI=1S/C18H28N2O4/c1-19-9-6-17(12-15(19)21)7-10-20(11-8-17)16(22)24-14-2-4-18(5-3-14)13-23-18/h14H,2-13H2,1H3. The number of piperidine rings is 2. The van der Waals surface area contributed by atoms with E-state index >= 15 is 0 Å². The van der Waals surface area contributed by atoms with E-state index in [-0.39, 0.29) is 29.1 Å². The van der Waals surface area contributed by atoms with Crippen LogP contribution in [-0.2, 0) is 14.3 Å². The number of amides is 2. The summed E-state index contributed by atoms with van der Waals surface area (Å²) in [6.45, 7) is 3.16. The minimum atomic E-state index is -0.165. The third kappa shape index (κ3) is 3.13. The minimum absolute atomic E-state index is 0.0492. The van der Waals surface area contributed by atoms with Crippen molar-refractivity contribution in [2.45, 2.75) is 63.1 Å². The number of rotatable bonds is 1. The Bertz CT molecular complexity index is 513. The summed E-state index contributed by atoms with van der Waals surface area (Å²) in [6, 6.07) is 0. The Balaban J connectivity index is 1.25. The highest BCUT2D eigenvalue weighted by molar-refractivity contribution is 5.77. The molecule has 0 N–H and O–H groups in total. The van der Waals surface area contributed by atoms with Gasteiger partial charge < -0.3 is 19.3 Å². The molecule has 0 aromatic heterocycles. The Morgan fingerprint density at radius 1 is 1.12 bits per heavy atom. The molecule has 0 unspecified atom stereocenters. The Kier molecular flexibility index (Phi) is 3.98. The van der Waals surface area contributed by atoms with Crippen LogP contribution >= 0.6 is 0 Å². The third-order valence-electron chi connectivity index (χ3n) is 6.68. The lowest BCUT2D eigenvalue weighted by Gasteiger charge is -2.45. The van der Waals surface area contributed by atoms with Gasteiger partial charge >= 0.3 is 6.09 Å². The van der Waals surface area contributed by atoms with Gasteiger partial charge in [-0.2, -0.15) is 0 Å². The van der Waals surface area contributed by atoms with E-state index in [0.29, 0.717) is 6.42 Å². The average molecular weight is 336 g/mol. The molecule has 4 aliphatic rings. The van der Waals surface area contributed by atoms with Gasteiger partial charge in [0.15, 0.2) is 0 Å². The molecule has 0 aromatic rings. The maximum Gasteiger partial charge on any atom is 0.410 e. The Labute approximate surface area is 143 Å². The van der Waals surface area contributed by atoms with Crippen LogP contribution in [0.5, 0.6) is 0 Å². The van der Waals surface area contributed by atoms with Gasteiger partial charge in [0.1, 0.15) is 6.10 Å². The van der Waals surface area contributed by atoms with Crippen molar-refractivity contribution in [3.05, 3.63) is 0 Å². The molecular formula is C18H28N2O4. The van der Waals surface area contributed by atoms with Crippen LogP contribution in [0.15, 0.2) is 0 Å². The summed E-state index contributed by atoms with van der Waals surface area (Å²) in [4.78, 5) is 28.1. The van der Waals surface area contributed by atoms with Crippen molar-refractivity contribution in [1.82, 2.24) is 9.80 Å². The second-order valence-corrected chi connectivity index (χ2v) is 8.28. The first kappa shape index (κ1) is 16.2. The molecule has 0 bridgehead atoms. The summed E-state index contributed by atoms with van der Waals surface area (Å²) < 4.78 is 11.2. The van der Waals surface area contributed by atoms with Crippen LogP contribution in [0, 0.1) is 5.41 Å². The van der Waals surface area contributed by atoms with Gasteiger partial charge in [0.25, 0.3) is 0 Å². The van der Waals surface area contributed by atoms with Gasteiger partial charge in [-0.15, -0.1) is 0 Å². The molecule has 3 saturated heterocycles. The maximum atomic E-state index is 12.4. The normalized spacial score (nSPS) is 35.4. The smallest absolute Gasteiger partial charge is 0.410 e. The molecule has 2 spiro atoms. The van der Waals surface area contributed by atoms with Gasteiger partial charge in [-0.1, -0.05) is 0 Å². The van der Waals surface area contributed by atoms with Gasteiger partial charge in [0.2, 0.25) is 5.91 Å². The molecule has 6 nitrogen and oxygen atoms in total. The molecule has 134 valence electrons. The summed E-state index contributed by atoms with van der Waals surface area (Å²) in [5, 5.41) is 0. The van der Waals surface area contributed by atoms with E-state index in [1.165, 1.54) is 0 Å².